The fraction of sp³-hybridized carbons (Fsp3) is 0. The van der Waals surface area contributed by atoms with Crippen LogP contribution in [-0.4, -0.2) is 16.4 Å². The first-order chi connectivity index (χ1) is 9.90. The standard InChI is InChI=1S/C13H7FIN3O3/c14-7-2-1-5(3-8(7)15)18-9(19)4-6-10(11(18)16)13(21)17-12(6)20/h1-4H,16H2,(H,17,20,21). The molecule has 0 unspecified atom stereocenters. The number of anilines is 1. The Morgan fingerprint density at radius 2 is 1.86 bits per heavy atom. The highest BCUT2D eigenvalue weighted by Crippen LogP contribution is 2.24. The van der Waals surface area contributed by atoms with E-state index in [1.165, 1.54) is 18.2 Å². The average Bonchev–Trinajstić information content (AvgIpc) is 2.69. The second-order valence-corrected chi connectivity index (χ2v) is 5.54. The second kappa shape index (κ2) is 4.65. The van der Waals surface area contributed by atoms with Crippen LogP contribution in [0, 0.1) is 9.39 Å². The van der Waals surface area contributed by atoms with E-state index in [0.717, 1.165) is 10.6 Å². The topological polar surface area (TPSA) is 94.2 Å². The number of carbonyl (C=O) groups is 2. The quantitative estimate of drug-likeness (QED) is 0.554. The first-order valence-corrected chi connectivity index (χ1v) is 6.84. The Hall–Kier alpha value is -2.23. The number of hydrogen-bond acceptors (Lipinski definition) is 4. The van der Waals surface area contributed by atoms with Gasteiger partial charge in [-0.25, -0.2) is 4.39 Å². The first-order valence-electron chi connectivity index (χ1n) is 5.77. The molecule has 21 heavy (non-hydrogen) atoms. The Bertz CT molecular complexity index is 876. The van der Waals surface area contributed by atoms with Gasteiger partial charge >= 0.3 is 0 Å². The van der Waals surface area contributed by atoms with Crippen molar-refractivity contribution >= 4 is 40.2 Å². The van der Waals surface area contributed by atoms with Crippen molar-refractivity contribution in [2.24, 2.45) is 0 Å². The summed E-state index contributed by atoms with van der Waals surface area (Å²) < 4.78 is 14.7. The van der Waals surface area contributed by atoms with Crippen LogP contribution in [0.3, 0.4) is 0 Å². The summed E-state index contributed by atoms with van der Waals surface area (Å²) in [5.41, 5.74) is 5.52. The van der Waals surface area contributed by atoms with Gasteiger partial charge in [-0.15, -0.1) is 0 Å². The van der Waals surface area contributed by atoms with E-state index >= 15 is 0 Å². The van der Waals surface area contributed by atoms with Crippen LogP contribution in [0.2, 0.25) is 0 Å². The Morgan fingerprint density at radius 1 is 1.14 bits per heavy atom. The lowest BCUT2D eigenvalue weighted by Crippen LogP contribution is -2.24. The molecule has 1 aliphatic heterocycles. The maximum Gasteiger partial charge on any atom is 0.262 e. The molecule has 2 aromatic rings. The molecule has 0 bridgehead atoms. The van der Waals surface area contributed by atoms with Crippen molar-refractivity contribution in [2.75, 3.05) is 5.73 Å². The first kappa shape index (κ1) is 13.7. The molecule has 0 atom stereocenters. The number of pyridine rings is 1. The Morgan fingerprint density at radius 3 is 2.52 bits per heavy atom. The number of rotatable bonds is 1. The molecule has 0 aliphatic carbocycles. The zero-order chi connectivity index (χ0) is 15.3. The number of nitrogens with two attached hydrogens (primary N) is 1. The lowest BCUT2D eigenvalue weighted by atomic mass is 10.1. The number of benzene rings is 1. The van der Waals surface area contributed by atoms with Gasteiger partial charge in [0.25, 0.3) is 17.4 Å². The van der Waals surface area contributed by atoms with Crippen LogP contribution in [0.1, 0.15) is 20.7 Å². The summed E-state index contributed by atoms with van der Waals surface area (Å²) in [4.78, 5) is 35.4. The van der Waals surface area contributed by atoms with Crippen molar-refractivity contribution in [3.63, 3.8) is 0 Å². The number of halogens is 2. The number of aromatic nitrogens is 1. The predicted molar refractivity (Wildman–Crippen MR) is 80.9 cm³/mol. The molecule has 2 amide bonds. The molecule has 106 valence electrons. The molecule has 0 radical (unpaired) electrons. The molecular formula is C13H7FIN3O3. The van der Waals surface area contributed by atoms with Crippen LogP contribution < -0.4 is 16.6 Å². The van der Waals surface area contributed by atoms with Gasteiger partial charge in [-0.1, -0.05) is 0 Å². The number of nitrogens with one attached hydrogen (secondary N) is 1. The lowest BCUT2D eigenvalue weighted by Gasteiger charge is -2.12. The molecule has 3 rings (SSSR count). The highest BCUT2D eigenvalue weighted by molar-refractivity contribution is 14.1. The number of hydrogen-bond donors (Lipinski definition) is 2. The monoisotopic (exact) mass is 399 g/mol. The highest BCUT2D eigenvalue weighted by atomic mass is 127. The van der Waals surface area contributed by atoms with Crippen molar-refractivity contribution in [1.29, 1.82) is 0 Å². The fourth-order valence-electron chi connectivity index (χ4n) is 2.17. The van der Waals surface area contributed by atoms with Gasteiger partial charge < -0.3 is 5.73 Å². The van der Waals surface area contributed by atoms with Crippen LogP contribution in [0.15, 0.2) is 29.1 Å². The van der Waals surface area contributed by atoms with Gasteiger partial charge in [-0.2, -0.15) is 0 Å². The van der Waals surface area contributed by atoms with Crippen molar-refractivity contribution in [3.8, 4) is 5.69 Å². The number of imide groups is 1. The van der Waals surface area contributed by atoms with Gasteiger partial charge in [-0.3, -0.25) is 24.3 Å². The van der Waals surface area contributed by atoms with E-state index in [1.807, 2.05) is 0 Å². The van der Waals surface area contributed by atoms with Gasteiger partial charge in [0.1, 0.15) is 11.6 Å². The normalized spacial score (nSPS) is 13.2. The number of amides is 2. The van der Waals surface area contributed by atoms with Crippen molar-refractivity contribution in [3.05, 3.63) is 55.1 Å². The van der Waals surface area contributed by atoms with Gasteiger partial charge in [0, 0.05) is 6.07 Å². The van der Waals surface area contributed by atoms with E-state index in [4.69, 9.17) is 5.73 Å². The summed E-state index contributed by atoms with van der Waals surface area (Å²) in [6.45, 7) is 0. The molecule has 1 aromatic carbocycles. The molecule has 0 spiro atoms. The Labute approximate surface area is 130 Å². The number of nitrogen functional groups attached to an aromatic ring is 1. The Balaban J connectivity index is 2.32. The third kappa shape index (κ3) is 2.02. The lowest BCUT2D eigenvalue weighted by molar-refractivity contribution is 0.0880. The molecule has 8 heteroatoms. The zero-order valence-corrected chi connectivity index (χ0v) is 12.5. The summed E-state index contributed by atoms with van der Waals surface area (Å²) in [5, 5.41) is 2.08. The maximum absolute atomic E-state index is 13.3. The average molecular weight is 399 g/mol. The van der Waals surface area contributed by atoms with E-state index in [9.17, 15) is 18.8 Å². The third-order valence-electron chi connectivity index (χ3n) is 3.11. The van der Waals surface area contributed by atoms with E-state index in [1.54, 1.807) is 22.6 Å². The molecule has 0 saturated heterocycles. The summed E-state index contributed by atoms with van der Waals surface area (Å²) in [5.74, 6) is -1.89. The van der Waals surface area contributed by atoms with Gasteiger partial charge in [0.05, 0.1) is 20.4 Å². The number of fused-ring (bicyclic) bond motifs is 1. The van der Waals surface area contributed by atoms with Crippen LogP contribution >= 0.6 is 22.6 Å². The van der Waals surface area contributed by atoms with Gasteiger partial charge in [-0.05, 0) is 40.8 Å². The minimum absolute atomic E-state index is 0.0427. The molecular weight excluding hydrogens is 392 g/mol. The molecule has 3 N–H and O–H groups in total. The number of nitrogens with zero attached hydrogens (tertiary/aromatic N) is 1. The smallest absolute Gasteiger partial charge is 0.262 e. The summed E-state index contributed by atoms with van der Waals surface area (Å²) >= 11 is 1.78. The van der Waals surface area contributed by atoms with Crippen LogP contribution in [0.25, 0.3) is 5.69 Å². The van der Waals surface area contributed by atoms with E-state index in [0.29, 0.717) is 9.26 Å². The molecule has 0 fully saturated rings. The highest BCUT2D eigenvalue weighted by Gasteiger charge is 2.31. The largest absolute Gasteiger partial charge is 0.384 e. The zero-order valence-electron chi connectivity index (χ0n) is 10.3. The van der Waals surface area contributed by atoms with E-state index in [2.05, 4.69) is 5.32 Å². The molecule has 1 aliphatic rings. The molecule has 0 saturated carbocycles. The summed E-state index contributed by atoms with van der Waals surface area (Å²) in [6.07, 6.45) is 0. The van der Waals surface area contributed by atoms with Crippen molar-refractivity contribution < 1.29 is 14.0 Å². The van der Waals surface area contributed by atoms with Gasteiger partial charge in [0.15, 0.2) is 0 Å². The molecule has 6 nitrogen and oxygen atoms in total. The van der Waals surface area contributed by atoms with Crippen molar-refractivity contribution in [2.45, 2.75) is 0 Å². The second-order valence-electron chi connectivity index (χ2n) is 4.37. The summed E-state index contributed by atoms with van der Waals surface area (Å²) in [6, 6.07) is 5.04. The minimum Gasteiger partial charge on any atom is -0.384 e. The predicted octanol–water partition coefficient (Wildman–Crippen LogP) is 1.05. The fourth-order valence-corrected chi connectivity index (χ4v) is 2.67. The van der Waals surface area contributed by atoms with Crippen molar-refractivity contribution in [1.82, 2.24) is 9.88 Å². The SMILES string of the molecule is Nc1c2c(cc(=O)n1-c1ccc(F)c(I)c1)C(=O)NC2=O. The minimum atomic E-state index is -0.655. The third-order valence-corrected chi connectivity index (χ3v) is 3.94. The molecule has 1 aromatic heterocycles. The maximum atomic E-state index is 13.3. The molecule has 2 heterocycles. The van der Waals surface area contributed by atoms with E-state index in [-0.39, 0.29) is 16.9 Å². The van der Waals surface area contributed by atoms with Crippen LogP contribution in [0.4, 0.5) is 10.2 Å². The van der Waals surface area contributed by atoms with Crippen LogP contribution in [0.5, 0.6) is 0 Å². The van der Waals surface area contributed by atoms with Gasteiger partial charge in [0.2, 0.25) is 0 Å². The van der Waals surface area contributed by atoms with Crippen LogP contribution in [-0.2, 0) is 0 Å². The summed E-state index contributed by atoms with van der Waals surface area (Å²) in [7, 11) is 0. The number of carbonyl (C=O) groups excluding carboxylic acids is 2. The Kier molecular flexibility index (Phi) is 3.04. The van der Waals surface area contributed by atoms with E-state index < -0.39 is 23.2 Å².